The molecule has 8 heteroatoms. The van der Waals surface area contributed by atoms with Gasteiger partial charge in [-0.2, -0.15) is 5.10 Å². The topological polar surface area (TPSA) is 106 Å². The maximum atomic E-state index is 12.5. The van der Waals surface area contributed by atoms with Gasteiger partial charge < -0.3 is 14.8 Å². The number of esters is 1. The number of carbonyl (C=O) groups is 3. The van der Waals surface area contributed by atoms with Crippen LogP contribution in [0, 0.1) is 5.92 Å². The summed E-state index contributed by atoms with van der Waals surface area (Å²) in [6, 6.07) is 14.8. The van der Waals surface area contributed by atoms with Gasteiger partial charge in [-0.1, -0.05) is 44.2 Å². The average molecular weight is 425 g/mol. The molecule has 0 saturated heterocycles. The summed E-state index contributed by atoms with van der Waals surface area (Å²) < 4.78 is 10.2. The van der Waals surface area contributed by atoms with Gasteiger partial charge in [0.25, 0.3) is 11.8 Å². The van der Waals surface area contributed by atoms with Crippen molar-refractivity contribution in [1.82, 2.24) is 10.7 Å². The van der Waals surface area contributed by atoms with Gasteiger partial charge in [0, 0.05) is 5.56 Å². The molecule has 0 saturated carbocycles. The number of carbonyl (C=O) groups excluding carboxylic acids is 3. The van der Waals surface area contributed by atoms with Crippen LogP contribution in [0.15, 0.2) is 59.7 Å². The van der Waals surface area contributed by atoms with Crippen LogP contribution >= 0.6 is 0 Å². The van der Waals surface area contributed by atoms with Crippen molar-refractivity contribution in [1.29, 1.82) is 0 Å². The fraction of sp³-hybridized carbons (Fsp3) is 0.304. The summed E-state index contributed by atoms with van der Waals surface area (Å²) in [4.78, 5) is 36.3. The van der Waals surface area contributed by atoms with E-state index in [0.717, 1.165) is 0 Å². The van der Waals surface area contributed by atoms with Crippen LogP contribution in [0.5, 0.6) is 5.75 Å². The number of nitrogens with one attached hydrogen (secondary N) is 2. The molecule has 164 valence electrons. The van der Waals surface area contributed by atoms with Crippen molar-refractivity contribution in [3.8, 4) is 5.75 Å². The van der Waals surface area contributed by atoms with Crippen LogP contribution < -0.4 is 15.5 Å². The Morgan fingerprint density at radius 3 is 2.48 bits per heavy atom. The predicted octanol–water partition coefficient (Wildman–Crippen LogP) is 2.53. The summed E-state index contributed by atoms with van der Waals surface area (Å²) in [5.41, 5.74) is 3.60. The van der Waals surface area contributed by atoms with Crippen LogP contribution in [0.2, 0.25) is 0 Å². The van der Waals surface area contributed by atoms with Crippen LogP contribution in [-0.2, 0) is 14.3 Å². The number of hydrogen-bond acceptors (Lipinski definition) is 6. The Morgan fingerprint density at radius 2 is 1.81 bits per heavy atom. The van der Waals surface area contributed by atoms with E-state index in [1.165, 1.54) is 6.21 Å². The van der Waals surface area contributed by atoms with E-state index in [1.54, 1.807) is 55.5 Å². The molecule has 0 bridgehead atoms. The van der Waals surface area contributed by atoms with Crippen LogP contribution in [-0.4, -0.2) is 43.3 Å². The van der Waals surface area contributed by atoms with Crippen molar-refractivity contribution in [2.75, 3.05) is 13.2 Å². The Hall–Kier alpha value is -3.68. The van der Waals surface area contributed by atoms with E-state index < -0.39 is 17.9 Å². The van der Waals surface area contributed by atoms with Crippen molar-refractivity contribution < 1.29 is 23.9 Å². The van der Waals surface area contributed by atoms with E-state index >= 15 is 0 Å². The molecule has 0 radical (unpaired) electrons. The SMILES string of the molecule is CCOC(=O)COc1cccc(C=NNC(=O)C(NC(=O)c2ccccc2)C(C)C)c1. The molecule has 0 heterocycles. The number of hydrogen-bond donors (Lipinski definition) is 2. The van der Waals surface area contributed by atoms with E-state index in [1.807, 2.05) is 19.9 Å². The van der Waals surface area contributed by atoms with Gasteiger partial charge in [-0.3, -0.25) is 9.59 Å². The first-order chi connectivity index (χ1) is 14.9. The van der Waals surface area contributed by atoms with Crippen molar-refractivity contribution in [3.63, 3.8) is 0 Å². The quantitative estimate of drug-likeness (QED) is 0.346. The van der Waals surface area contributed by atoms with Gasteiger partial charge in [0.15, 0.2) is 6.61 Å². The summed E-state index contributed by atoms with van der Waals surface area (Å²) >= 11 is 0. The molecule has 2 rings (SSSR count). The number of amides is 2. The lowest BCUT2D eigenvalue weighted by Crippen LogP contribution is -2.48. The Bertz CT molecular complexity index is 912. The summed E-state index contributed by atoms with van der Waals surface area (Å²) in [5, 5.41) is 6.71. The number of benzene rings is 2. The molecule has 0 aliphatic heterocycles. The third-order valence-electron chi connectivity index (χ3n) is 4.18. The van der Waals surface area contributed by atoms with Crippen molar-refractivity contribution in [2.24, 2.45) is 11.0 Å². The summed E-state index contributed by atoms with van der Waals surface area (Å²) in [7, 11) is 0. The van der Waals surface area contributed by atoms with Crippen LogP contribution in [0.1, 0.15) is 36.7 Å². The van der Waals surface area contributed by atoms with Crippen LogP contribution in [0.3, 0.4) is 0 Å². The van der Waals surface area contributed by atoms with Crippen molar-refractivity contribution >= 4 is 24.0 Å². The predicted molar refractivity (Wildman–Crippen MR) is 117 cm³/mol. The molecule has 2 N–H and O–H groups in total. The Balaban J connectivity index is 1.94. The highest BCUT2D eigenvalue weighted by atomic mass is 16.6. The van der Waals surface area contributed by atoms with Gasteiger partial charge in [0.2, 0.25) is 0 Å². The highest BCUT2D eigenvalue weighted by Crippen LogP contribution is 2.12. The molecule has 8 nitrogen and oxygen atoms in total. The molecule has 2 amide bonds. The fourth-order valence-corrected chi connectivity index (χ4v) is 2.62. The molecule has 1 atom stereocenters. The standard InChI is InChI=1S/C23H27N3O5/c1-4-30-20(27)15-31-19-12-8-9-17(13-19)14-24-26-23(29)21(16(2)3)25-22(28)18-10-6-5-7-11-18/h5-14,16,21H,4,15H2,1-3H3,(H,25,28)(H,26,29). The van der Waals surface area contributed by atoms with Gasteiger partial charge in [-0.25, -0.2) is 10.2 Å². The normalized spacial score (nSPS) is 11.7. The summed E-state index contributed by atoms with van der Waals surface area (Å²) in [6.45, 7) is 5.49. The van der Waals surface area contributed by atoms with Gasteiger partial charge in [0.1, 0.15) is 11.8 Å². The summed E-state index contributed by atoms with van der Waals surface area (Å²) in [5.74, 6) is -0.873. The number of nitrogens with zero attached hydrogens (tertiary/aromatic N) is 1. The van der Waals surface area contributed by atoms with Gasteiger partial charge in [0.05, 0.1) is 12.8 Å². The van der Waals surface area contributed by atoms with Gasteiger partial charge in [-0.05, 0) is 42.7 Å². The first-order valence-corrected chi connectivity index (χ1v) is 9.98. The number of hydrazone groups is 1. The highest BCUT2D eigenvalue weighted by molar-refractivity contribution is 5.97. The smallest absolute Gasteiger partial charge is 0.344 e. The maximum absolute atomic E-state index is 12.5. The maximum Gasteiger partial charge on any atom is 0.344 e. The van der Waals surface area contributed by atoms with E-state index in [2.05, 4.69) is 15.8 Å². The monoisotopic (exact) mass is 425 g/mol. The number of rotatable bonds is 10. The average Bonchev–Trinajstić information content (AvgIpc) is 2.76. The minimum absolute atomic E-state index is 0.137. The Labute approximate surface area is 181 Å². The molecule has 0 spiro atoms. The zero-order valence-corrected chi connectivity index (χ0v) is 17.8. The second-order valence-corrected chi connectivity index (χ2v) is 6.96. The zero-order valence-electron chi connectivity index (χ0n) is 17.8. The second kappa shape index (κ2) is 12.1. The van der Waals surface area contributed by atoms with Gasteiger partial charge >= 0.3 is 5.97 Å². The lowest BCUT2D eigenvalue weighted by molar-refractivity contribution is -0.145. The highest BCUT2D eigenvalue weighted by Gasteiger charge is 2.24. The summed E-state index contributed by atoms with van der Waals surface area (Å²) in [6.07, 6.45) is 1.45. The van der Waals surface area contributed by atoms with E-state index in [4.69, 9.17) is 9.47 Å². The fourth-order valence-electron chi connectivity index (χ4n) is 2.62. The molecular formula is C23H27N3O5. The van der Waals surface area contributed by atoms with E-state index in [-0.39, 0.29) is 25.0 Å². The van der Waals surface area contributed by atoms with Crippen LogP contribution in [0.4, 0.5) is 0 Å². The number of ether oxygens (including phenoxy) is 2. The molecule has 2 aromatic rings. The minimum Gasteiger partial charge on any atom is -0.482 e. The van der Waals surface area contributed by atoms with Crippen molar-refractivity contribution in [2.45, 2.75) is 26.8 Å². The molecule has 0 aromatic heterocycles. The molecule has 0 aliphatic rings. The lowest BCUT2D eigenvalue weighted by Gasteiger charge is -2.20. The first kappa shape index (κ1) is 23.6. The Morgan fingerprint density at radius 1 is 1.06 bits per heavy atom. The van der Waals surface area contributed by atoms with E-state index in [9.17, 15) is 14.4 Å². The minimum atomic E-state index is -0.746. The molecule has 0 fully saturated rings. The van der Waals surface area contributed by atoms with Crippen LogP contribution in [0.25, 0.3) is 0 Å². The molecular weight excluding hydrogens is 398 g/mol. The molecule has 0 aliphatic carbocycles. The molecule has 31 heavy (non-hydrogen) atoms. The largest absolute Gasteiger partial charge is 0.482 e. The zero-order chi connectivity index (χ0) is 22.6. The van der Waals surface area contributed by atoms with E-state index in [0.29, 0.717) is 16.9 Å². The second-order valence-electron chi connectivity index (χ2n) is 6.96. The Kier molecular flexibility index (Phi) is 9.22. The lowest BCUT2D eigenvalue weighted by atomic mass is 10.0. The molecule has 1 unspecified atom stereocenters. The first-order valence-electron chi connectivity index (χ1n) is 9.98. The molecule has 2 aromatic carbocycles. The third-order valence-corrected chi connectivity index (χ3v) is 4.18. The van der Waals surface area contributed by atoms with Gasteiger partial charge in [-0.15, -0.1) is 0 Å². The van der Waals surface area contributed by atoms with Crippen molar-refractivity contribution in [3.05, 3.63) is 65.7 Å². The third kappa shape index (κ3) is 7.93.